The summed E-state index contributed by atoms with van der Waals surface area (Å²) in [5.74, 6) is 0.625. The molecule has 1 heterocycles. The van der Waals surface area contributed by atoms with E-state index in [1.807, 2.05) is 79.4 Å². The fourth-order valence-corrected chi connectivity index (χ4v) is 3.79. The monoisotopic (exact) mass is 441 g/mol. The molecule has 0 bridgehead atoms. The summed E-state index contributed by atoms with van der Waals surface area (Å²) in [5, 5.41) is 12.9. The van der Waals surface area contributed by atoms with Gasteiger partial charge in [-0.3, -0.25) is 5.32 Å². The molecule has 0 saturated carbocycles. The van der Waals surface area contributed by atoms with Crippen molar-refractivity contribution in [3.8, 4) is 5.69 Å². The number of urea groups is 1. The van der Waals surface area contributed by atoms with Crippen molar-refractivity contribution in [1.29, 1.82) is 0 Å². The summed E-state index contributed by atoms with van der Waals surface area (Å²) < 4.78 is 1.81. The molecule has 0 fully saturated rings. The van der Waals surface area contributed by atoms with Crippen LogP contribution in [-0.4, -0.2) is 34.8 Å². The van der Waals surface area contributed by atoms with Gasteiger partial charge in [-0.15, -0.1) is 0 Å². The lowest BCUT2D eigenvalue weighted by Gasteiger charge is -2.14. The molecular weight excluding hydrogens is 410 g/mol. The van der Waals surface area contributed by atoms with Crippen LogP contribution in [0.25, 0.3) is 16.5 Å². The first kappa shape index (κ1) is 22.6. The van der Waals surface area contributed by atoms with Gasteiger partial charge in [-0.2, -0.15) is 5.10 Å². The minimum Gasteiger partial charge on any atom is -0.307 e. The molecule has 0 unspecified atom stereocenters. The minimum absolute atomic E-state index is 0.158. The van der Waals surface area contributed by atoms with Crippen LogP contribution in [0.15, 0.2) is 72.8 Å². The van der Waals surface area contributed by atoms with Gasteiger partial charge in [0.05, 0.1) is 17.1 Å². The summed E-state index contributed by atoms with van der Waals surface area (Å²) in [6.45, 7) is 7.16. The van der Waals surface area contributed by atoms with Gasteiger partial charge in [0, 0.05) is 23.4 Å². The van der Waals surface area contributed by atoms with E-state index in [1.165, 1.54) is 5.56 Å². The summed E-state index contributed by atoms with van der Waals surface area (Å²) in [4.78, 5) is 15.1. The molecule has 4 aromatic rings. The number of benzene rings is 3. The molecule has 0 aliphatic carbocycles. The summed E-state index contributed by atoms with van der Waals surface area (Å²) >= 11 is 0. The summed E-state index contributed by atoms with van der Waals surface area (Å²) in [7, 11) is 4.09. The summed E-state index contributed by atoms with van der Waals surface area (Å²) in [6.07, 6.45) is 0. The third kappa shape index (κ3) is 5.23. The van der Waals surface area contributed by atoms with Crippen LogP contribution in [0.4, 0.5) is 16.3 Å². The molecular formula is C27H31N5O. The van der Waals surface area contributed by atoms with Crippen molar-refractivity contribution in [1.82, 2.24) is 14.7 Å². The smallest absolute Gasteiger partial charge is 0.307 e. The molecule has 6 heteroatoms. The van der Waals surface area contributed by atoms with Crippen LogP contribution < -0.4 is 10.6 Å². The van der Waals surface area contributed by atoms with Crippen LogP contribution in [0.3, 0.4) is 0 Å². The maximum absolute atomic E-state index is 13.0. The second-order valence-corrected chi connectivity index (χ2v) is 9.59. The van der Waals surface area contributed by atoms with Crippen LogP contribution in [-0.2, 0) is 12.0 Å². The fraction of sp³-hybridized carbons (Fsp3) is 0.259. The minimum atomic E-state index is -0.308. The first-order chi connectivity index (χ1) is 15.7. The zero-order chi connectivity index (χ0) is 23.6. The van der Waals surface area contributed by atoms with Gasteiger partial charge in [0.2, 0.25) is 0 Å². The largest absolute Gasteiger partial charge is 0.324 e. The molecule has 6 nitrogen and oxygen atoms in total. The second kappa shape index (κ2) is 9.08. The molecule has 170 valence electrons. The van der Waals surface area contributed by atoms with E-state index in [0.717, 1.165) is 34.4 Å². The molecule has 0 aliphatic heterocycles. The number of rotatable bonds is 5. The molecule has 0 spiro atoms. The van der Waals surface area contributed by atoms with Gasteiger partial charge in [-0.1, -0.05) is 69.3 Å². The molecule has 1 aromatic heterocycles. The Labute approximate surface area is 195 Å². The molecule has 3 aromatic carbocycles. The average molecular weight is 442 g/mol. The third-order valence-electron chi connectivity index (χ3n) is 5.41. The number of fused-ring (bicyclic) bond motifs is 1. The van der Waals surface area contributed by atoms with E-state index in [4.69, 9.17) is 5.10 Å². The standard InChI is InChI=1S/C27H31N5O/c1-27(2,3)24-17-25(32(30-24)21-13-8-10-19(16-21)18-31(4)5)29-26(33)28-23-15-9-12-20-11-6-7-14-22(20)23/h6-17H,18H2,1-5H3,(H2,28,29,33). The number of anilines is 2. The highest BCUT2D eigenvalue weighted by molar-refractivity contribution is 6.06. The van der Waals surface area contributed by atoms with E-state index >= 15 is 0 Å². The van der Waals surface area contributed by atoms with Gasteiger partial charge >= 0.3 is 6.03 Å². The van der Waals surface area contributed by atoms with Crippen molar-refractivity contribution >= 4 is 28.3 Å². The van der Waals surface area contributed by atoms with E-state index in [0.29, 0.717) is 5.82 Å². The number of hydrogen-bond acceptors (Lipinski definition) is 3. The maximum Gasteiger partial charge on any atom is 0.324 e. The maximum atomic E-state index is 13.0. The molecule has 4 rings (SSSR count). The van der Waals surface area contributed by atoms with Crippen molar-refractivity contribution in [3.63, 3.8) is 0 Å². The topological polar surface area (TPSA) is 62.2 Å². The van der Waals surface area contributed by atoms with E-state index in [1.54, 1.807) is 0 Å². The SMILES string of the molecule is CN(C)Cc1cccc(-n2nc(C(C)(C)C)cc2NC(=O)Nc2cccc3ccccc23)c1. The molecule has 33 heavy (non-hydrogen) atoms. The number of nitrogens with one attached hydrogen (secondary N) is 2. The summed E-state index contributed by atoms with van der Waals surface area (Å²) in [6, 6.07) is 23.7. The number of hydrogen-bond donors (Lipinski definition) is 2. The lowest BCUT2D eigenvalue weighted by atomic mass is 9.92. The first-order valence-electron chi connectivity index (χ1n) is 11.1. The lowest BCUT2D eigenvalue weighted by molar-refractivity contribution is 0.262. The van der Waals surface area contributed by atoms with Crippen LogP contribution >= 0.6 is 0 Å². The Morgan fingerprint density at radius 3 is 2.42 bits per heavy atom. The highest BCUT2D eigenvalue weighted by Crippen LogP contribution is 2.28. The third-order valence-corrected chi connectivity index (χ3v) is 5.41. The fourth-order valence-electron chi connectivity index (χ4n) is 3.79. The van der Waals surface area contributed by atoms with Crippen LogP contribution in [0.2, 0.25) is 0 Å². The molecule has 2 amide bonds. The number of carbonyl (C=O) groups is 1. The quantitative estimate of drug-likeness (QED) is 0.398. The highest BCUT2D eigenvalue weighted by atomic mass is 16.2. The van der Waals surface area contributed by atoms with Crippen LogP contribution in [0.1, 0.15) is 32.0 Å². The Balaban J connectivity index is 1.65. The molecule has 2 N–H and O–H groups in total. The number of carbonyl (C=O) groups excluding carboxylic acids is 1. The Hall–Kier alpha value is -3.64. The predicted molar refractivity (Wildman–Crippen MR) is 136 cm³/mol. The van der Waals surface area contributed by atoms with Gasteiger partial charge in [0.15, 0.2) is 0 Å². The highest BCUT2D eigenvalue weighted by Gasteiger charge is 2.22. The van der Waals surface area contributed by atoms with Crippen molar-refractivity contribution in [2.24, 2.45) is 0 Å². The normalized spacial score (nSPS) is 11.7. The molecule has 0 radical (unpaired) electrons. The van der Waals surface area contributed by atoms with Crippen LogP contribution in [0, 0.1) is 0 Å². The average Bonchev–Trinajstić information content (AvgIpc) is 3.18. The van der Waals surface area contributed by atoms with Crippen molar-refractivity contribution in [2.45, 2.75) is 32.7 Å². The van der Waals surface area contributed by atoms with Crippen molar-refractivity contribution < 1.29 is 4.79 Å². The lowest BCUT2D eigenvalue weighted by Crippen LogP contribution is -2.21. The predicted octanol–water partition coefficient (Wildman–Crippen LogP) is 6.03. The zero-order valence-electron chi connectivity index (χ0n) is 19.9. The number of nitrogens with zero attached hydrogens (tertiary/aromatic N) is 3. The Bertz CT molecular complexity index is 1280. The van der Waals surface area contributed by atoms with Gasteiger partial charge in [-0.25, -0.2) is 9.48 Å². The summed E-state index contributed by atoms with van der Waals surface area (Å²) in [5.41, 5.74) is 3.60. The van der Waals surface area contributed by atoms with Crippen LogP contribution in [0.5, 0.6) is 0 Å². The number of aromatic nitrogens is 2. The van der Waals surface area contributed by atoms with Gasteiger partial charge < -0.3 is 10.2 Å². The first-order valence-corrected chi connectivity index (χ1v) is 11.1. The second-order valence-electron chi connectivity index (χ2n) is 9.59. The van der Waals surface area contributed by atoms with E-state index in [2.05, 4.69) is 48.4 Å². The van der Waals surface area contributed by atoms with Crippen molar-refractivity contribution in [2.75, 3.05) is 24.7 Å². The number of amides is 2. The Morgan fingerprint density at radius 1 is 0.939 bits per heavy atom. The zero-order valence-corrected chi connectivity index (χ0v) is 19.9. The Morgan fingerprint density at radius 2 is 1.67 bits per heavy atom. The van der Waals surface area contributed by atoms with E-state index < -0.39 is 0 Å². The molecule has 0 atom stereocenters. The molecule has 0 aliphatic rings. The van der Waals surface area contributed by atoms with Gasteiger partial charge in [0.1, 0.15) is 5.82 Å². The van der Waals surface area contributed by atoms with E-state index in [-0.39, 0.29) is 11.4 Å². The van der Waals surface area contributed by atoms with E-state index in [9.17, 15) is 4.79 Å². The van der Waals surface area contributed by atoms with Crippen molar-refractivity contribution in [3.05, 3.63) is 84.1 Å². The van der Waals surface area contributed by atoms with Gasteiger partial charge in [0.25, 0.3) is 0 Å². The van der Waals surface area contributed by atoms with Gasteiger partial charge in [-0.05, 0) is 43.2 Å². The molecule has 0 saturated heterocycles. The Kier molecular flexibility index (Phi) is 6.20.